The molecule has 1 N–H and O–H groups in total. The Balaban J connectivity index is 1.86. The van der Waals surface area contributed by atoms with Crippen molar-refractivity contribution in [1.82, 2.24) is 4.72 Å². The van der Waals surface area contributed by atoms with Gasteiger partial charge in [-0.05, 0) is 35.9 Å². The second kappa shape index (κ2) is 8.93. The molecule has 138 valence electrons. The number of benzene rings is 2. The Labute approximate surface area is 159 Å². The predicted molar refractivity (Wildman–Crippen MR) is 96.9 cm³/mol. The smallest absolute Gasteiger partial charge is 0.337 e. The van der Waals surface area contributed by atoms with E-state index < -0.39 is 28.5 Å². The van der Waals surface area contributed by atoms with Crippen LogP contribution in [0.5, 0.6) is 0 Å². The van der Waals surface area contributed by atoms with Gasteiger partial charge in [-0.2, -0.15) is 4.72 Å². The van der Waals surface area contributed by atoms with E-state index in [-0.39, 0.29) is 11.5 Å². The molecule has 2 aromatic carbocycles. The quantitative estimate of drug-likeness (QED) is 0.661. The number of halogens is 1. The molecular weight excluding hydrogens is 426 g/mol. The first-order valence-electron chi connectivity index (χ1n) is 7.40. The van der Waals surface area contributed by atoms with Crippen molar-refractivity contribution in [2.24, 2.45) is 0 Å². The molecule has 2 aromatic rings. The standard InChI is InChI=1S/C17H16BrNO6S/c1-24-17(21)13-7-5-12(6-8-13)11-25-16(20)10-19-26(22,23)15-4-2-3-14(18)9-15/h2-9,19H,10-11H2,1H3. The van der Waals surface area contributed by atoms with Crippen molar-refractivity contribution in [3.05, 3.63) is 64.1 Å². The lowest BCUT2D eigenvalue weighted by Gasteiger charge is -2.08. The van der Waals surface area contributed by atoms with Crippen LogP contribution in [-0.4, -0.2) is 34.0 Å². The number of nitrogens with one attached hydrogen (secondary N) is 1. The van der Waals surface area contributed by atoms with E-state index in [2.05, 4.69) is 25.4 Å². The summed E-state index contributed by atoms with van der Waals surface area (Å²) in [6.07, 6.45) is 0. The van der Waals surface area contributed by atoms with Gasteiger partial charge in [0.1, 0.15) is 13.2 Å². The number of hydrogen-bond acceptors (Lipinski definition) is 6. The zero-order valence-electron chi connectivity index (χ0n) is 13.8. The molecule has 0 bridgehead atoms. The highest BCUT2D eigenvalue weighted by atomic mass is 79.9. The molecule has 0 saturated heterocycles. The van der Waals surface area contributed by atoms with Gasteiger partial charge in [-0.3, -0.25) is 4.79 Å². The van der Waals surface area contributed by atoms with Gasteiger partial charge in [0.2, 0.25) is 10.0 Å². The van der Waals surface area contributed by atoms with Gasteiger partial charge in [-0.15, -0.1) is 0 Å². The summed E-state index contributed by atoms with van der Waals surface area (Å²) in [5.74, 6) is -1.18. The molecule has 9 heteroatoms. The van der Waals surface area contributed by atoms with E-state index in [9.17, 15) is 18.0 Å². The van der Waals surface area contributed by atoms with Crippen LogP contribution in [0.25, 0.3) is 0 Å². The second-order valence-corrected chi connectivity index (χ2v) is 7.81. The largest absolute Gasteiger partial charge is 0.465 e. The van der Waals surface area contributed by atoms with Crippen molar-refractivity contribution in [3.8, 4) is 0 Å². The lowest BCUT2D eigenvalue weighted by molar-refractivity contribution is -0.143. The van der Waals surface area contributed by atoms with Gasteiger partial charge >= 0.3 is 11.9 Å². The molecule has 0 fully saturated rings. The molecule has 0 unspecified atom stereocenters. The number of methoxy groups -OCH3 is 1. The zero-order chi connectivity index (χ0) is 19.2. The molecule has 0 aliphatic rings. The summed E-state index contributed by atoms with van der Waals surface area (Å²) in [6, 6.07) is 12.4. The molecule has 26 heavy (non-hydrogen) atoms. The van der Waals surface area contributed by atoms with Crippen molar-refractivity contribution in [2.75, 3.05) is 13.7 Å². The number of carbonyl (C=O) groups is 2. The van der Waals surface area contributed by atoms with Gasteiger partial charge in [-0.25, -0.2) is 13.2 Å². The number of sulfonamides is 1. The molecule has 0 heterocycles. The lowest BCUT2D eigenvalue weighted by atomic mass is 10.1. The van der Waals surface area contributed by atoms with E-state index in [1.54, 1.807) is 36.4 Å². The summed E-state index contributed by atoms with van der Waals surface area (Å²) >= 11 is 3.19. The van der Waals surface area contributed by atoms with Gasteiger partial charge in [0.15, 0.2) is 0 Å². The summed E-state index contributed by atoms with van der Waals surface area (Å²) in [4.78, 5) is 23.1. The van der Waals surface area contributed by atoms with Gasteiger partial charge in [0, 0.05) is 4.47 Å². The number of hydrogen-bond donors (Lipinski definition) is 1. The first-order chi connectivity index (χ1) is 12.3. The fourth-order valence-corrected chi connectivity index (χ4v) is 3.51. The van der Waals surface area contributed by atoms with Crippen LogP contribution < -0.4 is 4.72 Å². The van der Waals surface area contributed by atoms with Gasteiger partial charge in [-0.1, -0.05) is 34.1 Å². The fourth-order valence-electron chi connectivity index (χ4n) is 1.94. The van der Waals surface area contributed by atoms with Crippen molar-refractivity contribution in [1.29, 1.82) is 0 Å². The Kier molecular flexibility index (Phi) is 6.90. The Morgan fingerprint density at radius 2 is 1.81 bits per heavy atom. The van der Waals surface area contributed by atoms with Crippen LogP contribution >= 0.6 is 15.9 Å². The van der Waals surface area contributed by atoms with Crippen molar-refractivity contribution in [3.63, 3.8) is 0 Å². The molecule has 0 amide bonds. The Morgan fingerprint density at radius 3 is 2.42 bits per heavy atom. The van der Waals surface area contributed by atoms with Crippen LogP contribution in [0.15, 0.2) is 57.9 Å². The second-order valence-electron chi connectivity index (χ2n) is 5.13. The van der Waals surface area contributed by atoms with Crippen LogP contribution in [-0.2, 0) is 30.9 Å². The van der Waals surface area contributed by atoms with E-state index in [0.29, 0.717) is 15.6 Å². The van der Waals surface area contributed by atoms with Gasteiger partial charge in [0.25, 0.3) is 0 Å². The van der Waals surface area contributed by atoms with Gasteiger partial charge in [0.05, 0.1) is 17.6 Å². The summed E-state index contributed by atoms with van der Waals surface area (Å²) in [7, 11) is -2.53. The number of esters is 2. The average molecular weight is 442 g/mol. The predicted octanol–water partition coefficient (Wildman–Crippen LogP) is 2.26. The molecule has 0 saturated carbocycles. The number of carbonyl (C=O) groups excluding carboxylic acids is 2. The zero-order valence-corrected chi connectivity index (χ0v) is 16.2. The highest BCUT2D eigenvalue weighted by molar-refractivity contribution is 9.10. The number of ether oxygens (including phenoxy) is 2. The maximum Gasteiger partial charge on any atom is 0.337 e. The molecule has 7 nitrogen and oxygen atoms in total. The number of rotatable bonds is 7. The maximum absolute atomic E-state index is 12.1. The third-order valence-electron chi connectivity index (χ3n) is 3.29. The topological polar surface area (TPSA) is 98.8 Å². The third-order valence-corrected chi connectivity index (χ3v) is 5.18. The minimum absolute atomic E-state index is 0.0399. The monoisotopic (exact) mass is 441 g/mol. The van der Waals surface area contributed by atoms with E-state index in [0.717, 1.165) is 0 Å². The van der Waals surface area contributed by atoms with Crippen LogP contribution in [0.2, 0.25) is 0 Å². The molecule has 2 rings (SSSR count). The minimum atomic E-state index is -3.81. The van der Waals surface area contributed by atoms with E-state index >= 15 is 0 Å². The van der Waals surface area contributed by atoms with E-state index in [4.69, 9.17) is 4.74 Å². The lowest BCUT2D eigenvalue weighted by Crippen LogP contribution is -2.30. The van der Waals surface area contributed by atoms with Crippen LogP contribution in [0.1, 0.15) is 15.9 Å². The molecule has 0 aliphatic heterocycles. The molecule has 0 radical (unpaired) electrons. The molecule has 0 atom stereocenters. The van der Waals surface area contributed by atoms with Crippen LogP contribution in [0, 0.1) is 0 Å². The van der Waals surface area contributed by atoms with Crippen LogP contribution in [0.3, 0.4) is 0 Å². The Bertz CT molecular complexity index is 896. The van der Waals surface area contributed by atoms with Gasteiger partial charge < -0.3 is 9.47 Å². The van der Waals surface area contributed by atoms with E-state index in [1.165, 1.54) is 19.2 Å². The Hall–Kier alpha value is -2.23. The van der Waals surface area contributed by atoms with Crippen LogP contribution in [0.4, 0.5) is 0 Å². The summed E-state index contributed by atoms with van der Waals surface area (Å²) in [6.45, 7) is -0.534. The minimum Gasteiger partial charge on any atom is -0.465 e. The molecular formula is C17H16BrNO6S. The normalized spacial score (nSPS) is 11.0. The average Bonchev–Trinajstić information content (AvgIpc) is 2.64. The fraction of sp³-hybridized carbons (Fsp3) is 0.176. The highest BCUT2D eigenvalue weighted by Crippen LogP contribution is 2.15. The maximum atomic E-state index is 12.1. The van der Waals surface area contributed by atoms with Crippen molar-refractivity contribution < 1.29 is 27.5 Å². The molecule has 0 aromatic heterocycles. The van der Waals surface area contributed by atoms with E-state index in [1.807, 2.05) is 0 Å². The molecule has 0 spiro atoms. The Morgan fingerprint density at radius 1 is 1.12 bits per heavy atom. The summed E-state index contributed by atoms with van der Waals surface area (Å²) < 4.78 is 36.6. The first-order valence-corrected chi connectivity index (χ1v) is 9.67. The third kappa shape index (κ3) is 5.65. The SMILES string of the molecule is COC(=O)c1ccc(COC(=O)CNS(=O)(=O)c2cccc(Br)c2)cc1. The highest BCUT2D eigenvalue weighted by Gasteiger charge is 2.16. The molecule has 0 aliphatic carbocycles. The summed E-state index contributed by atoms with van der Waals surface area (Å²) in [5.41, 5.74) is 1.03. The first kappa shape index (κ1) is 20.1. The summed E-state index contributed by atoms with van der Waals surface area (Å²) in [5, 5.41) is 0. The van der Waals surface area contributed by atoms with Crippen molar-refractivity contribution in [2.45, 2.75) is 11.5 Å². The van der Waals surface area contributed by atoms with Crippen molar-refractivity contribution >= 4 is 37.9 Å².